The summed E-state index contributed by atoms with van der Waals surface area (Å²) in [7, 11) is 0. The molecule has 44 heavy (non-hydrogen) atoms. The van der Waals surface area contributed by atoms with Crippen molar-refractivity contribution in [2.45, 2.75) is 159 Å². The van der Waals surface area contributed by atoms with E-state index in [-0.39, 0.29) is 0 Å². The van der Waals surface area contributed by atoms with Gasteiger partial charge in [0.15, 0.2) is 0 Å². The van der Waals surface area contributed by atoms with E-state index in [2.05, 4.69) is 81.4 Å². The maximum Gasteiger partial charge on any atom is -0.00849 e. The normalized spacial score (nSPS) is 57.6. The van der Waals surface area contributed by atoms with Crippen molar-refractivity contribution in [1.29, 1.82) is 0 Å². The molecule has 8 aliphatic carbocycles. The van der Waals surface area contributed by atoms with Crippen molar-refractivity contribution in [2.75, 3.05) is 0 Å². The Bertz CT molecular complexity index is 1070. The first-order valence-electron chi connectivity index (χ1n) is 20.1. The monoisotopic (exact) mass is 601 g/mol. The summed E-state index contributed by atoms with van der Waals surface area (Å²) in [6.45, 7) is 25.7. The standard InChI is InChI=1S/2C22H36/c2*1-14-8-10-22(5)17(12-14)13-15(2)20-18-7-6-16(3)21(18,4)11-9-19(20)22/h2*13-16,18-20H,6-12H2,1-5H3/t14?,15-,16+,18?,19?,20?,21-,22+;14?,15-,16-,18?,19?,20?,21+,22-/m10/s1. The average molecular weight is 601 g/mol. The molecule has 6 fully saturated rings. The second-order valence-corrected chi connectivity index (χ2v) is 20.3. The summed E-state index contributed by atoms with van der Waals surface area (Å²) in [4.78, 5) is 0. The van der Waals surface area contributed by atoms with Gasteiger partial charge < -0.3 is 0 Å². The zero-order chi connectivity index (χ0) is 31.4. The van der Waals surface area contributed by atoms with Gasteiger partial charge in [0.05, 0.1) is 0 Å². The Morgan fingerprint density at radius 1 is 0.455 bits per heavy atom. The smallest absolute Gasteiger partial charge is 0.00849 e. The molecule has 0 N–H and O–H groups in total. The average Bonchev–Trinajstić information content (AvgIpc) is 3.45. The van der Waals surface area contributed by atoms with Crippen molar-refractivity contribution < 1.29 is 0 Å². The van der Waals surface area contributed by atoms with Gasteiger partial charge in [-0.3, -0.25) is 0 Å². The minimum Gasteiger partial charge on any atom is -0.0816 e. The highest BCUT2D eigenvalue weighted by Gasteiger charge is 2.60. The molecule has 0 radical (unpaired) electrons. The Labute approximate surface area is 274 Å². The molecule has 0 aromatic heterocycles. The van der Waals surface area contributed by atoms with Gasteiger partial charge in [0.2, 0.25) is 0 Å². The highest BCUT2D eigenvalue weighted by atomic mass is 14.6. The SMILES string of the molecule is CC1CC[C@@]2(C)C(=C[C@@H](C)C3C2CC[C@@]2(C)C3CC[C@@H]2C)C1.CC1CC[C@@]2(C)C(=C[C@H](C)C3C2CC[C@@]2(C)C3CC[C@@H]2C)C1. The molecule has 0 heteroatoms. The van der Waals surface area contributed by atoms with Crippen molar-refractivity contribution in [3.63, 3.8) is 0 Å². The highest BCUT2D eigenvalue weighted by molar-refractivity contribution is 5.27. The van der Waals surface area contributed by atoms with E-state index in [0.29, 0.717) is 21.7 Å². The molecular weight excluding hydrogens is 528 g/mol. The zero-order valence-electron chi connectivity index (χ0n) is 31.0. The van der Waals surface area contributed by atoms with Crippen LogP contribution in [0.5, 0.6) is 0 Å². The summed E-state index contributed by atoms with van der Waals surface area (Å²) in [6, 6.07) is 0. The minimum atomic E-state index is 0.552. The van der Waals surface area contributed by atoms with Crippen molar-refractivity contribution in [2.24, 2.45) is 92.7 Å². The fourth-order valence-corrected chi connectivity index (χ4v) is 14.9. The van der Waals surface area contributed by atoms with Crippen LogP contribution in [0.25, 0.3) is 0 Å². The van der Waals surface area contributed by atoms with Gasteiger partial charge >= 0.3 is 0 Å². The van der Waals surface area contributed by atoms with Crippen LogP contribution >= 0.6 is 0 Å². The number of rotatable bonds is 0. The first-order chi connectivity index (χ1) is 20.7. The van der Waals surface area contributed by atoms with E-state index < -0.39 is 0 Å². The Balaban J connectivity index is 0.000000142. The van der Waals surface area contributed by atoms with Gasteiger partial charge in [0.1, 0.15) is 0 Å². The number of fused-ring (bicyclic) bond motifs is 10. The van der Waals surface area contributed by atoms with Crippen LogP contribution in [0.3, 0.4) is 0 Å². The zero-order valence-corrected chi connectivity index (χ0v) is 31.0. The lowest BCUT2D eigenvalue weighted by Gasteiger charge is -2.59. The first-order valence-corrected chi connectivity index (χ1v) is 20.1. The number of hydrogen-bond donors (Lipinski definition) is 0. The molecule has 0 spiro atoms. The molecule has 16 atom stereocenters. The van der Waals surface area contributed by atoms with Crippen LogP contribution in [0.4, 0.5) is 0 Å². The second-order valence-electron chi connectivity index (χ2n) is 20.3. The molecule has 0 amide bonds. The molecule has 248 valence electrons. The molecule has 0 saturated heterocycles. The van der Waals surface area contributed by atoms with E-state index >= 15 is 0 Å². The molecule has 0 bridgehead atoms. The van der Waals surface area contributed by atoms with Crippen LogP contribution in [-0.4, -0.2) is 0 Å². The first kappa shape index (κ1) is 32.0. The van der Waals surface area contributed by atoms with E-state index in [1.165, 1.54) is 89.9 Å². The van der Waals surface area contributed by atoms with Gasteiger partial charge in [-0.2, -0.15) is 0 Å². The molecule has 0 nitrogen and oxygen atoms in total. The van der Waals surface area contributed by atoms with Gasteiger partial charge in [0, 0.05) is 0 Å². The fraction of sp³-hybridized carbons (Fsp3) is 0.909. The van der Waals surface area contributed by atoms with E-state index in [0.717, 1.165) is 71.0 Å². The molecule has 0 aromatic carbocycles. The third-order valence-electron chi connectivity index (χ3n) is 18.3. The summed E-state index contributed by atoms with van der Waals surface area (Å²) in [5, 5.41) is 0. The van der Waals surface area contributed by atoms with Crippen molar-refractivity contribution >= 4 is 0 Å². The van der Waals surface area contributed by atoms with Crippen LogP contribution in [0.15, 0.2) is 23.3 Å². The predicted octanol–water partition coefficient (Wildman–Crippen LogP) is 12.9. The third-order valence-corrected chi connectivity index (χ3v) is 18.3. The molecule has 0 heterocycles. The summed E-state index contributed by atoms with van der Waals surface area (Å²) < 4.78 is 0. The third kappa shape index (κ3) is 4.61. The van der Waals surface area contributed by atoms with Gasteiger partial charge in [-0.05, 0) is 183 Å². The Morgan fingerprint density at radius 2 is 0.841 bits per heavy atom. The van der Waals surface area contributed by atoms with Crippen molar-refractivity contribution in [3.8, 4) is 0 Å². The molecule has 8 aliphatic rings. The van der Waals surface area contributed by atoms with Gasteiger partial charge in [-0.15, -0.1) is 0 Å². The second kappa shape index (κ2) is 11.0. The van der Waals surface area contributed by atoms with E-state index in [4.69, 9.17) is 0 Å². The molecule has 0 aliphatic heterocycles. The fourth-order valence-electron chi connectivity index (χ4n) is 14.9. The Kier molecular flexibility index (Phi) is 8.02. The quantitative estimate of drug-likeness (QED) is 0.243. The van der Waals surface area contributed by atoms with E-state index in [1.54, 1.807) is 0 Å². The number of hydrogen-bond acceptors (Lipinski definition) is 0. The lowest BCUT2D eigenvalue weighted by atomic mass is 9.45. The summed E-state index contributed by atoms with van der Waals surface area (Å²) in [5.74, 6) is 11.3. The predicted molar refractivity (Wildman–Crippen MR) is 189 cm³/mol. The molecule has 6 saturated carbocycles. The highest BCUT2D eigenvalue weighted by Crippen LogP contribution is 2.69. The summed E-state index contributed by atoms with van der Waals surface area (Å²) >= 11 is 0. The number of allylic oxidation sites excluding steroid dienone is 4. The van der Waals surface area contributed by atoms with E-state index in [9.17, 15) is 0 Å². The maximum absolute atomic E-state index is 2.76. The van der Waals surface area contributed by atoms with Crippen LogP contribution in [0.2, 0.25) is 0 Å². The Hall–Kier alpha value is -0.520. The van der Waals surface area contributed by atoms with Gasteiger partial charge in [-0.1, -0.05) is 92.5 Å². The Morgan fingerprint density at radius 3 is 1.23 bits per heavy atom. The summed E-state index contributed by atoms with van der Waals surface area (Å²) in [5.41, 5.74) is 6.12. The molecule has 0 aromatic rings. The van der Waals surface area contributed by atoms with Crippen LogP contribution in [0, 0.1) is 92.7 Å². The van der Waals surface area contributed by atoms with Crippen LogP contribution < -0.4 is 0 Å². The lowest BCUT2D eigenvalue weighted by molar-refractivity contribution is -0.0593. The minimum absolute atomic E-state index is 0.552. The topological polar surface area (TPSA) is 0 Å². The largest absolute Gasteiger partial charge is 0.0816 e. The van der Waals surface area contributed by atoms with Crippen LogP contribution in [0.1, 0.15) is 159 Å². The maximum atomic E-state index is 2.76. The van der Waals surface area contributed by atoms with Crippen molar-refractivity contribution in [1.82, 2.24) is 0 Å². The molecular formula is C44H72. The molecule has 8 rings (SSSR count). The summed E-state index contributed by atoms with van der Waals surface area (Å²) in [6.07, 6.45) is 26.2. The molecule has 8 unspecified atom stereocenters. The van der Waals surface area contributed by atoms with Crippen LogP contribution in [-0.2, 0) is 0 Å². The van der Waals surface area contributed by atoms with Gasteiger partial charge in [-0.25, -0.2) is 0 Å². The van der Waals surface area contributed by atoms with E-state index in [1.807, 2.05) is 11.1 Å². The van der Waals surface area contributed by atoms with Gasteiger partial charge in [0.25, 0.3) is 0 Å². The van der Waals surface area contributed by atoms with Crippen molar-refractivity contribution in [3.05, 3.63) is 23.3 Å². The lowest BCUT2D eigenvalue weighted by Crippen LogP contribution is -2.52.